The number of carbonyl (C=O) groups excluding carboxylic acids is 1. The second kappa shape index (κ2) is 6.99. The van der Waals surface area contributed by atoms with Gasteiger partial charge in [0.15, 0.2) is 0 Å². The van der Waals surface area contributed by atoms with Gasteiger partial charge in [-0.3, -0.25) is 4.79 Å². The number of aromatic nitrogens is 1. The zero-order valence-electron chi connectivity index (χ0n) is 14.4. The summed E-state index contributed by atoms with van der Waals surface area (Å²) in [4.78, 5) is 18.9. The van der Waals surface area contributed by atoms with Crippen molar-refractivity contribution in [2.75, 3.05) is 25.1 Å². The molecule has 1 N–H and O–H groups in total. The van der Waals surface area contributed by atoms with Gasteiger partial charge in [0, 0.05) is 26.2 Å². The lowest BCUT2D eigenvalue weighted by Crippen LogP contribution is -2.40. The third kappa shape index (κ3) is 3.12. The van der Waals surface area contributed by atoms with Gasteiger partial charge in [-0.25, -0.2) is 14.4 Å². The van der Waals surface area contributed by atoms with E-state index in [1.165, 1.54) is 6.07 Å². The predicted octanol–water partition coefficient (Wildman–Crippen LogP) is 3.46. The number of hydrazine groups is 2. The summed E-state index contributed by atoms with van der Waals surface area (Å²) in [5, 5.41) is 3.52. The van der Waals surface area contributed by atoms with Crippen LogP contribution in [0.4, 0.5) is 10.2 Å². The Morgan fingerprint density at radius 1 is 1.22 bits per heavy atom. The van der Waals surface area contributed by atoms with Crippen LogP contribution in [0.5, 0.6) is 0 Å². The number of rotatable bonds is 2. The standard InChI is InChI=1S/C18H16Cl2FN5O/c1-24-23-13-10-25(18(27)11-5-6-12(21)17(20)16(11)19)9-7-14(13)26(24)15-4-2-3-8-22-15/h2-6,8,23H,7,9-10H2,1H3. The fraction of sp³-hybridized carbons (Fsp3) is 0.222. The van der Waals surface area contributed by atoms with Gasteiger partial charge >= 0.3 is 0 Å². The molecule has 1 aromatic heterocycles. The summed E-state index contributed by atoms with van der Waals surface area (Å²) in [5.41, 5.74) is 5.42. The highest BCUT2D eigenvalue weighted by Crippen LogP contribution is 2.33. The van der Waals surface area contributed by atoms with Crippen LogP contribution >= 0.6 is 23.2 Å². The lowest BCUT2D eigenvalue weighted by Gasteiger charge is -2.30. The number of halogens is 3. The van der Waals surface area contributed by atoms with Gasteiger partial charge in [-0.1, -0.05) is 29.3 Å². The van der Waals surface area contributed by atoms with Crippen LogP contribution in [0, 0.1) is 5.82 Å². The van der Waals surface area contributed by atoms with Crippen molar-refractivity contribution in [1.82, 2.24) is 20.4 Å². The molecule has 2 aliphatic rings. The first-order valence-corrected chi connectivity index (χ1v) is 9.09. The Balaban J connectivity index is 1.59. The van der Waals surface area contributed by atoms with E-state index in [-0.39, 0.29) is 21.5 Å². The van der Waals surface area contributed by atoms with E-state index in [0.29, 0.717) is 19.5 Å². The highest BCUT2D eigenvalue weighted by molar-refractivity contribution is 6.43. The Morgan fingerprint density at radius 2 is 2.04 bits per heavy atom. The van der Waals surface area contributed by atoms with E-state index >= 15 is 0 Å². The number of amides is 1. The second-order valence-electron chi connectivity index (χ2n) is 6.26. The number of nitrogens with one attached hydrogen (secondary N) is 1. The van der Waals surface area contributed by atoms with Gasteiger partial charge < -0.3 is 10.3 Å². The largest absolute Gasteiger partial charge is 0.332 e. The third-order valence-electron chi connectivity index (χ3n) is 4.59. The molecule has 3 heterocycles. The molecule has 0 atom stereocenters. The first-order valence-electron chi connectivity index (χ1n) is 8.33. The smallest absolute Gasteiger partial charge is 0.255 e. The minimum atomic E-state index is -0.646. The van der Waals surface area contributed by atoms with Crippen LogP contribution in [0.15, 0.2) is 47.9 Å². The molecule has 0 spiro atoms. The number of pyridine rings is 1. The van der Waals surface area contributed by atoms with Crippen LogP contribution in [-0.2, 0) is 0 Å². The Bertz CT molecular complexity index is 937. The molecule has 2 aromatic rings. The van der Waals surface area contributed by atoms with Crippen LogP contribution in [0.25, 0.3) is 0 Å². The van der Waals surface area contributed by atoms with Crippen LogP contribution < -0.4 is 10.4 Å². The molecule has 0 radical (unpaired) electrons. The van der Waals surface area contributed by atoms with Crippen LogP contribution in [0.1, 0.15) is 16.8 Å². The molecule has 9 heteroatoms. The Morgan fingerprint density at radius 3 is 2.78 bits per heavy atom. The molecule has 0 unspecified atom stereocenters. The van der Waals surface area contributed by atoms with Crippen LogP contribution in [0.2, 0.25) is 10.0 Å². The van der Waals surface area contributed by atoms with E-state index in [0.717, 1.165) is 23.3 Å². The summed E-state index contributed by atoms with van der Waals surface area (Å²) in [6.07, 6.45) is 2.38. The number of carbonyl (C=O) groups is 1. The molecule has 4 rings (SSSR count). The summed E-state index contributed by atoms with van der Waals surface area (Å²) < 4.78 is 13.5. The molecule has 0 saturated carbocycles. The van der Waals surface area contributed by atoms with Gasteiger partial charge in [-0.2, -0.15) is 0 Å². The molecule has 27 heavy (non-hydrogen) atoms. The molecule has 2 aliphatic heterocycles. The summed E-state index contributed by atoms with van der Waals surface area (Å²) in [6, 6.07) is 8.23. The first-order chi connectivity index (χ1) is 13.0. The number of hydrogen-bond donors (Lipinski definition) is 1. The summed E-state index contributed by atoms with van der Waals surface area (Å²) >= 11 is 11.9. The van der Waals surface area contributed by atoms with Crippen LogP contribution in [0.3, 0.4) is 0 Å². The van der Waals surface area contributed by atoms with Gasteiger partial charge in [-0.05, 0) is 24.3 Å². The van der Waals surface area contributed by atoms with E-state index in [9.17, 15) is 9.18 Å². The Labute approximate surface area is 165 Å². The zero-order chi connectivity index (χ0) is 19.1. The molecule has 0 fully saturated rings. The van der Waals surface area contributed by atoms with E-state index in [4.69, 9.17) is 23.2 Å². The first kappa shape index (κ1) is 18.0. The quantitative estimate of drug-likeness (QED) is 0.772. The van der Waals surface area contributed by atoms with Crippen molar-refractivity contribution >= 4 is 34.9 Å². The van der Waals surface area contributed by atoms with Crippen molar-refractivity contribution < 1.29 is 9.18 Å². The van der Waals surface area contributed by atoms with Gasteiger partial charge in [0.05, 0.1) is 33.5 Å². The van der Waals surface area contributed by atoms with Crippen molar-refractivity contribution in [3.05, 3.63) is 69.3 Å². The number of benzene rings is 1. The average molecular weight is 408 g/mol. The third-order valence-corrected chi connectivity index (χ3v) is 5.45. The average Bonchev–Trinajstić information content (AvgIpc) is 3.01. The summed E-state index contributed by atoms with van der Waals surface area (Å²) in [7, 11) is 1.88. The summed E-state index contributed by atoms with van der Waals surface area (Å²) in [6.45, 7) is 0.884. The number of hydrogen-bond acceptors (Lipinski definition) is 5. The van der Waals surface area contributed by atoms with Crippen molar-refractivity contribution in [2.24, 2.45) is 0 Å². The highest BCUT2D eigenvalue weighted by Gasteiger charge is 2.35. The molecule has 1 amide bonds. The molecule has 1 aromatic carbocycles. The van der Waals surface area contributed by atoms with Gasteiger partial charge in [-0.15, -0.1) is 5.12 Å². The van der Waals surface area contributed by atoms with E-state index in [1.54, 1.807) is 11.1 Å². The van der Waals surface area contributed by atoms with Gasteiger partial charge in [0.1, 0.15) is 11.6 Å². The monoisotopic (exact) mass is 407 g/mol. The molecule has 140 valence electrons. The van der Waals surface area contributed by atoms with E-state index < -0.39 is 5.82 Å². The molecule has 0 saturated heterocycles. The minimum absolute atomic E-state index is 0.0620. The van der Waals surface area contributed by atoms with E-state index in [2.05, 4.69) is 10.4 Å². The Kier molecular flexibility index (Phi) is 4.67. The lowest BCUT2D eigenvalue weighted by molar-refractivity contribution is 0.0761. The zero-order valence-corrected chi connectivity index (χ0v) is 15.9. The molecule has 0 bridgehead atoms. The predicted molar refractivity (Wildman–Crippen MR) is 102 cm³/mol. The van der Waals surface area contributed by atoms with Crippen molar-refractivity contribution in [3.63, 3.8) is 0 Å². The van der Waals surface area contributed by atoms with Crippen molar-refractivity contribution in [2.45, 2.75) is 6.42 Å². The van der Waals surface area contributed by atoms with Crippen molar-refractivity contribution in [1.29, 1.82) is 0 Å². The fourth-order valence-electron chi connectivity index (χ4n) is 3.32. The fourth-order valence-corrected chi connectivity index (χ4v) is 3.72. The maximum absolute atomic E-state index is 13.5. The van der Waals surface area contributed by atoms with Gasteiger partial charge in [0.25, 0.3) is 5.91 Å². The van der Waals surface area contributed by atoms with Crippen LogP contribution in [-0.4, -0.2) is 41.0 Å². The maximum Gasteiger partial charge on any atom is 0.255 e. The van der Waals surface area contributed by atoms with E-state index in [1.807, 2.05) is 35.4 Å². The maximum atomic E-state index is 13.5. The molecule has 6 nitrogen and oxygen atoms in total. The Hall–Kier alpha value is -2.35. The van der Waals surface area contributed by atoms with Gasteiger partial charge in [0.2, 0.25) is 0 Å². The number of nitrogens with zero attached hydrogens (tertiary/aromatic N) is 4. The highest BCUT2D eigenvalue weighted by atomic mass is 35.5. The molecular formula is C18H16Cl2FN5O. The summed E-state index contributed by atoms with van der Waals surface area (Å²) in [5.74, 6) is -0.133. The lowest BCUT2D eigenvalue weighted by atomic mass is 10.1. The van der Waals surface area contributed by atoms with Crippen molar-refractivity contribution in [3.8, 4) is 0 Å². The minimum Gasteiger partial charge on any atom is -0.332 e. The SMILES string of the molecule is CN1NC2=C(CCN(C(=O)c3ccc(F)c(Cl)c3Cl)C2)N1c1ccccn1. The molecular weight excluding hydrogens is 392 g/mol. The topological polar surface area (TPSA) is 51.7 Å². The normalized spacial score (nSPS) is 17.2. The molecule has 0 aliphatic carbocycles. The second-order valence-corrected chi connectivity index (χ2v) is 7.02. The number of anilines is 1.